The summed E-state index contributed by atoms with van der Waals surface area (Å²) < 4.78 is 0. The van der Waals surface area contributed by atoms with Gasteiger partial charge >= 0.3 is 5.97 Å². The van der Waals surface area contributed by atoms with Crippen molar-refractivity contribution in [3.05, 3.63) is 34.9 Å². The Hall–Kier alpha value is -1.84. The van der Waals surface area contributed by atoms with Gasteiger partial charge in [-0.3, -0.25) is 9.59 Å². The first-order chi connectivity index (χ1) is 9.79. The quantitative estimate of drug-likeness (QED) is 0.931. The fraction of sp³-hybridized carbons (Fsp3) is 0.529. The lowest BCUT2D eigenvalue weighted by atomic mass is 9.76. The Morgan fingerprint density at radius 3 is 2.24 bits per heavy atom. The summed E-state index contributed by atoms with van der Waals surface area (Å²) in [7, 11) is 0. The molecule has 0 radical (unpaired) electrons. The number of amides is 1. The summed E-state index contributed by atoms with van der Waals surface area (Å²) in [5, 5.41) is 9.58. The third kappa shape index (κ3) is 2.55. The van der Waals surface area contributed by atoms with E-state index in [4.69, 9.17) is 0 Å². The minimum absolute atomic E-state index is 0.00534. The van der Waals surface area contributed by atoms with E-state index in [1.807, 2.05) is 45.9 Å². The van der Waals surface area contributed by atoms with Crippen molar-refractivity contribution >= 4 is 11.9 Å². The van der Waals surface area contributed by atoms with Gasteiger partial charge in [0.1, 0.15) is 0 Å². The lowest BCUT2D eigenvalue weighted by molar-refractivity contribution is -0.150. The smallest absolute Gasteiger partial charge is 0.311 e. The summed E-state index contributed by atoms with van der Waals surface area (Å²) in [5.74, 6) is -0.838. The molecule has 1 amide bonds. The second kappa shape index (κ2) is 5.51. The highest BCUT2D eigenvalue weighted by atomic mass is 16.4. The highest BCUT2D eigenvalue weighted by Gasteiger charge is 2.48. The average molecular weight is 289 g/mol. The first-order valence-corrected chi connectivity index (χ1v) is 7.38. The van der Waals surface area contributed by atoms with E-state index in [1.54, 1.807) is 4.90 Å². The minimum atomic E-state index is -0.813. The van der Waals surface area contributed by atoms with Crippen LogP contribution in [0, 0.1) is 25.2 Å². The molecule has 2 rings (SSSR count). The van der Waals surface area contributed by atoms with Crippen molar-refractivity contribution in [2.24, 2.45) is 11.3 Å². The van der Waals surface area contributed by atoms with Crippen LogP contribution in [0.3, 0.4) is 0 Å². The fourth-order valence-corrected chi connectivity index (χ4v) is 3.21. The third-order valence-corrected chi connectivity index (χ3v) is 4.81. The zero-order chi connectivity index (χ0) is 15.8. The lowest BCUT2D eigenvalue weighted by Gasteiger charge is -2.29. The van der Waals surface area contributed by atoms with Crippen LogP contribution in [-0.4, -0.2) is 35.0 Å². The number of hydrogen-bond acceptors (Lipinski definition) is 2. The number of rotatable bonds is 3. The van der Waals surface area contributed by atoms with Crippen LogP contribution in [0.25, 0.3) is 0 Å². The molecule has 21 heavy (non-hydrogen) atoms. The first-order valence-electron chi connectivity index (χ1n) is 7.38. The zero-order valence-electron chi connectivity index (χ0n) is 13.1. The molecule has 0 bridgehead atoms. The van der Waals surface area contributed by atoms with Crippen LogP contribution in [0.1, 0.15) is 41.8 Å². The number of hydrogen-bond donors (Lipinski definition) is 1. The highest BCUT2D eigenvalue weighted by Crippen LogP contribution is 2.39. The van der Waals surface area contributed by atoms with E-state index in [1.165, 1.54) is 0 Å². The second-order valence-electron chi connectivity index (χ2n) is 6.36. The maximum Gasteiger partial charge on any atom is 0.311 e. The maximum absolute atomic E-state index is 12.8. The van der Waals surface area contributed by atoms with E-state index in [2.05, 4.69) is 0 Å². The molecule has 1 unspecified atom stereocenters. The van der Waals surface area contributed by atoms with Crippen LogP contribution in [0.2, 0.25) is 0 Å². The molecule has 1 aliphatic heterocycles. The van der Waals surface area contributed by atoms with Crippen LogP contribution >= 0.6 is 0 Å². The molecule has 0 saturated carbocycles. The number of carbonyl (C=O) groups is 2. The second-order valence-corrected chi connectivity index (χ2v) is 6.36. The van der Waals surface area contributed by atoms with Crippen molar-refractivity contribution in [3.8, 4) is 0 Å². The molecule has 1 fully saturated rings. The van der Waals surface area contributed by atoms with E-state index < -0.39 is 11.4 Å². The molecule has 1 atom stereocenters. The number of carbonyl (C=O) groups excluding carboxylic acids is 1. The number of carboxylic acid groups (broad SMARTS) is 1. The largest absolute Gasteiger partial charge is 0.481 e. The van der Waals surface area contributed by atoms with Gasteiger partial charge in [0, 0.05) is 18.7 Å². The summed E-state index contributed by atoms with van der Waals surface area (Å²) in [6.45, 7) is 8.48. The van der Waals surface area contributed by atoms with Crippen LogP contribution in [0.15, 0.2) is 18.2 Å². The lowest BCUT2D eigenvalue weighted by Crippen LogP contribution is -2.40. The number of carboxylic acids is 1. The van der Waals surface area contributed by atoms with Crippen molar-refractivity contribution in [2.75, 3.05) is 13.1 Å². The van der Waals surface area contributed by atoms with Crippen molar-refractivity contribution in [3.63, 3.8) is 0 Å². The van der Waals surface area contributed by atoms with Crippen LogP contribution < -0.4 is 0 Å². The zero-order valence-corrected chi connectivity index (χ0v) is 13.1. The van der Waals surface area contributed by atoms with Crippen molar-refractivity contribution in [1.29, 1.82) is 0 Å². The minimum Gasteiger partial charge on any atom is -0.481 e. The van der Waals surface area contributed by atoms with Gasteiger partial charge in [-0.15, -0.1) is 0 Å². The van der Waals surface area contributed by atoms with Crippen molar-refractivity contribution < 1.29 is 14.7 Å². The van der Waals surface area contributed by atoms with Crippen molar-refractivity contribution in [2.45, 2.75) is 34.1 Å². The molecule has 0 aromatic heterocycles. The highest BCUT2D eigenvalue weighted by molar-refractivity contribution is 5.97. The van der Waals surface area contributed by atoms with E-state index in [0.29, 0.717) is 25.1 Å². The fourth-order valence-electron chi connectivity index (χ4n) is 3.21. The Morgan fingerprint density at radius 2 is 1.81 bits per heavy atom. The molecule has 4 nitrogen and oxygen atoms in total. The van der Waals surface area contributed by atoms with Crippen molar-refractivity contribution in [1.82, 2.24) is 4.90 Å². The van der Waals surface area contributed by atoms with Gasteiger partial charge in [-0.05, 0) is 37.3 Å². The summed E-state index contributed by atoms with van der Waals surface area (Å²) in [4.78, 5) is 26.1. The molecular formula is C17H23NO3. The molecule has 1 aliphatic rings. The molecule has 4 heteroatoms. The van der Waals surface area contributed by atoms with E-state index >= 15 is 0 Å². The maximum atomic E-state index is 12.8. The van der Waals surface area contributed by atoms with Crippen LogP contribution in [0.5, 0.6) is 0 Å². The SMILES string of the molecule is Cc1cccc(C)c1C(=O)N1CCC(C(=O)O)(C(C)C)C1. The third-order valence-electron chi connectivity index (χ3n) is 4.81. The Kier molecular flexibility index (Phi) is 4.08. The summed E-state index contributed by atoms with van der Waals surface area (Å²) in [6.07, 6.45) is 0.524. The molecule has 1 saturated heterocycles. The van der Waals surface area contributed by atoms with E-state index in [-0.39, 0.29) is 11.8 Å². The molecule has 114 valence electrons. The molecular weight excluding hydrogens is 266 g/mol. The molecule has 0 spiro atoms. The summed E-state index contributed by atoms with van der Waals surface area (Å²) in [5.41, 5.74) is 1.78. The first kappa shape index (κ1) is 15.5. The van der Waals surface area contributed by atoms with Gasteiger partial charge in [-0.25, -0.2) is 0 Å². The summed E-state index contributed by atoms with van der Waals surface area (Å²) >= 11 is 0. The number of nitrogens with zero attached hydrogens (tertiary/aromatic N) is 1. The Labute approximate surface area is 125 Å². The average Bonchev–Trinajstić information content (AvgIpc) is 2.84. The normalized spacial score (nSPS) is 21.9. The van der Waals surface area contributed by atoms with E-state index in [0.717, 1.165) is 11.1 Å². The number of likely N-dealkylation sites (tertiary alicyclic amines) is 1. The number of aryl methyl sites for hydroxylation is 2. The van der Waals surface area contributed by atoms with Gasteiger partial charge in [-0.1, -0.05) is 32.0 Å². The van der Waals surface area contributed by atoms with Gasteiger partial charge in [0.15, 0.2) is 0 Å². The van der Waals surface area contributed by atoms with Crippen LogP contribution in [-0.2, 0) is 4.79 Å². The molecule has 1 aromatic carbocycles. The summed E-state index contributed by atoms with van der Waals surface area (Å²) in [6, 6.07) is 5.77. The van der Waals surface area contributed by atoms with Gasteiger partial charge in [-0.2, -0.15) is 0 Å². The molecule has 0 aliphatic carbocycles. The Balaban J connectivity index is 2.29. The molecule has 1 aromatic rings. The van der Waals surface area contributed by atoms with Crippen LogP contribution in [0.4, 0.5) is 0 Å². The standard InChI is InChI=1S/C17H23NO3/c1-11(2)17(16(20)21)8-9-18(10-17)15(19)14-12(3)6-5-7-13(14)4/h5-7,11H,8-10H2,1-4H3,(H,20,21). The van der Waals surface area contributed by atoms with Gasteiger partial charge in [0.05, 0.1) is 5.41 Å². The van der Waals surface area contributed by atoms with Gasteiger partial charge in [0.2, 0.25) is 0 Å². The molecule has 1 N–H and O–H groups in total. The number of benzene rings is 1. The molecule has 1 heterocycles. The predicted octanol–water partition coefficient (Wildman–Crippen LogP) is 2.88. The van der Waals surface area contributed by atoms with E-state index in [9.17, 15) is 14.7 Å². The predicted molar refractivity (Wildman–Crippen MR) is 81.3 cm³/mol. The van der Waals surface area contributed by atoms with Gasteiger partial charge < -0.3 is 10.0 Å². The Morgan fingerprint density at radius 1 is 1.24 bits per heavy atom. The monoisotopic (exact) mass is 289 g/mol. The Bertz CT molecular complexity index is 559. The number of aliphatic carboxylic acids is 1. The van der Waals surface area contributed by atoms with Gasteiger partial charge in [0.25, 0.3) is 5.91 Å². The topological polar surface area (TPSA) is 57.6 Å².